The Balaban J connectivity index is 2.07. The van der Waals surface area contributed by atoms with Crippen LogP contribution in [-0.2, 0) is 4.74 Å². The fourth-order valence-electron chi connectivity index (χ4n) is 2.77. The number of halogens is 1. The second-order valence-corrected chi connectivity index (χ2v) is 7.60. The van der Waals surface area contributed by atoms with E-state index in [-0.39, 0.29) is 17.9 Å². The number of carbonyl (C=O) groups excluding carboxylic acids is 2. The Hall–Kier alpha value is -1.75. The van der Waals surface area contributed by atoms with E-state index in [1.807, 2.05) is 39.8 Å². The highest BCUT2D eigenvalue weighted by atomic mass is 35.5. The van der Waals surface area contributed by atoms with Crippen LogP contribution >= 0.6 is 11.6 Å². The minimum Gasteiger partial charge on any atom is -0.444 e. The molecule has 1 fully saturated rings. The first-order valence-corrected chi connectivity index (χ1v) is 8.51. The predicted molar refractivity (Wildman–Crippen MR) is 96.1 cm³/mol. The molecule has 0 aromatic heterocycles. The highest BCUT2D eigenvalue weighted by molar-refractivity contribution is 6.34. The number of rotatable bonds is 2. The van der Waals surface area contributed by atoms with E-state index in [9.17, 15) is 9.59 Å². The molecule has 1 atom stereocenters. The Morgan fingerprint density at radius 2 is 1.92 bits per heavy atom. The summed E-state index contributed by atoms with van der Waals surface area (Å²) in [6, 6.07) is 5.50. The van der Waals surface area contributed by atoms with Gasteiger partial charge in [-0.05, 0) is 52.8 Å². The number of ketones is 1. The highest BCUT2D eigenvalue weighted by Crippen LogP contribution is 2.26. The van der Waals surface area contributed by atoms with Gasteiger partial charge in [0.25, 0.3) is 0 Å². The smallest absolute Gasteiger partial charge is 0.410 e. The van der Waals surface area contributed by atoms with Gasteiger partial charge in [0, 0.05) is 36.9 Å². The van der Waals surface area contributed by atoms with E-state index < -0.39 is 5.60 Å². The summed E-state index contributed by atoms with van der Waals surface area (Å²) in [5.41, 5.74) is 0.991. The van der Waals surface area contributed by atoms with Crippen molar-refractivity contribution < 1.29 is 14.3 Å². The molecule has 1 amide bonds. The van der Waals surface area contributed by atoms with Crippen LogP contribution in [0.3, 0.4) is 0 Å². The normalized spacial score (nSPS) is 18.5. The maximum Gasteiger partial charge on any atom is 0.410 e. The largest absolute Gasteiger partial charge is 0.444 e. The van der Waals surface area contributed by atoms with E-state index >= 15 is 0 Å². The van der Waals surface area contributed by atoms with Gasteiger partial charge < -0.3 is 14.5 Å². The standard InChI is InChI=1S/C18H25ClN2O3/c1-12-11-20(8-9-21(12)17(23)24-18(3,4)5)14-6-7-15(13(2)22)16(19)10-14/h6-7,10,12H,8-9,11H2,1-5H3. The molecule has 1 saturated heterocycles. The Bertz CT molecular complexity index is 640. The quantitative estimate of drug-likeness (QED) is 0.755. The Labute approximate surface area is 148 Å². The van der Waals surface area contributed by atoms with Gasteiger partial charge in [-0.1, -0.05) is 11.6 Å². The number of hydrogen-bond donors (Lipinski definition) is 0. The van der Waals surface area contributed by atoms with E-state index in [1.165, 1.54) is 6.92 Å². The fourth-order valence-corrected chi connectivity index (χ4v) is 3.08. The first-order valence-electron chi connectivity index (χ1n) is 8.13. The lowest BCUT2D eigenvalue weighted by atomic mass is 10.1. The SMILES string of the molecule is CC(=O)c1ccc(N2CCN(C(=O)OC(C)(C)C)C(C)C2)cc1Cl. The van der Waals surface area contributed by atoms with Crippen LogP contribution in [0.15, 0.2) is 18.2 Å². The van der Waals surface area contributed by atoms with Crippen LogP contribution in [0.25, 0.3) is 0 Å². The van der Waals surface area contributed by atoms with Crippen molar-refractivity contribution in [1.29, 1.82) is 0 Å². The minimum absolute atomic E-state index is 0.0276. The summed E-state index contributed by atoms with van der Waals surface area (Å²) in [5, 5.41) is 0.460. The minimum atomic E-state index is -0.496. The van der Waals surface area contributed by atoms with Crippen molar-refractivity contribution in [3.05, 3.63) is 28.8 Å². The Morgan fingerprint density at radius 1 is 1.25 bits per heavy atom. The van der Waals surface area contributed by atoms with Gasteiger partial charge in [0.05, 0.1) is 5.02 Å². The zero-order chi connectivity index (χ0) is 18.1. The van der Waals surface area contributed by atoms with Gasteiger partial charge in [-0.3, -0.25) is 4.79 Å². The van der Waals surface area contributed by atoms with E-state index in [1.54, 1.807) is 11.0 Å². The van der Waals surface area contributed by atoms with Gasteiger partial charge >= 0.3 is 6.09 Å². The molecule has 132 valence electrons. The van der Waals surface area contributed by atoms with E-state index in [4.69, 9.17) is 16.3 Å². The molecule has 0 radical (unpaired) electrons. The summed E-state index contributed by atoms with van der Waals surface area (Å²) in [7, 11) is 0. The van der Waals surface area contributed by atoms with Crippen LogP contribution in [0.5, 0.6) is 0 Å². The lowest BCUT2D eigenvalue weighted by Gasteiger charge is -2.41. The molecule has 1 aromatic carbocycles. The summed E-state index contributed by atoms with van der Waals surface area (Å²) in [5.74, 6) is -0.0466. The molecule has 1 heterocycles. The zero-order valence-corrected chi connectivity index (χ0v) is 15.7. The second kappa shape index (κ2) is 7.01. The van der Waals surface area contributed by atoms with Crippen molar-refractivity contribution >= 4 is 29.2 Å². The molecule has 2 rings (SSSR count). The molecular weight excluding hydrogens is 328 g/mol. The first-order chi connectivity index (χ1) is 11.1. The predicted octanol–water partition coefficient (Wildman–Crippen LogP) is 3.99. The number of Topliss-reactive ketones (excluding diaryl/α,β-unsaturated/α-hetero) is 1. The monoisotopic (exact) mass is 352 g/mol. The molecule has 0 N–H and O–H groups in total. The molecular formula is C18H25ClN2O3. The molecule has 1 aromatic rings. The van der Waals surface area contributed by atoms with Gasteiger partial charge in [-0.2, -0.15) is 0 Å². The third-order valence-corrected chi connectivity index (χ3v) is 4.27. The van der Waals surface area contributed by atoms with E-state index in [0.717, 1.165) is 5.69 Å². The maximum absolute atomic E-state index is 12.3. The number of nitrogens with zero attached hydrogens (tertiary/aromatic N) is 2. The molecule has 6 heteroatoms. The van der Waals surface area contributed by atoms with E-state index in [2.05, 4.69) is 4.90 Å². The summed E-state index contributed by atoms with van der Waals surface area (Å²) < 4.78 is 5.46. The molecule has 5 nitrogen and oxygen atoms in total. The number of piperazine rings is 1. The van der Waals surface area contributed by atoms with Crippen LogP contribution in [0, 0.1) is 0 Å². The van der Waals surface area contributed by atoms with Gasteiger partial charge in [0.1, 0.15) is 5.60 Å². The molecule has 1 aliphatic rings. The van der Waals surface area contributed by atoms with Gasteiger partial charge in [0.2, 0.25) is 0 Å². The van der Waals surface area contributed by atoms with Crippen molar-refractivity contribution in [2.24, 2.45) is 0 Å². The molecule has 1 aliphatic heterocycles. The highest BCUT2D eigenvalue weighted by Gasteiger charge is 2.31. The van der Waals surface area contributed by atoms with Crippen molar-refractivity contribution in [3.8, 4) is 0 Å². The number of hydrogen-bond acceptors (Lipinski definition) is 4. The molecule has 0 bridgehead atoms. The van der Waals surface area contributed by atoms with Crippen molar-refractivity contribution in [2.45, 2.75) is 46.3 Å². The summed E-state index contributed by atoms with van der Waals surface area (Å²) in [6.45, 7) is 11.1. The molecule has 24 heavy (non-hydrogen) atoms. The number of benzene rings is 1. The Kier molecular flexibility index (Phi) is 5.43. The number of ether oxygens (including phenoxy) is 1. The third kappa shape index (κ3) is 4.41. The molecule has 0 aliphatic carbocycles. The van der Waals surface area contributed by atoms with Gasteiger partial charge in [-0.25, -0.2) is 4.79 Å². The van der Waals surface area contributed by atoms with Crippen LogP contribution in [-0.4, -0.2) is 48.1 Å². The van der Waals surface area contributed by atoms with Crippen molar-refractivity contribution in [3.63, 3.8) is 0 Å². The molecule has 1 unspecified atom stereocenters. The summed E-state index contributed by atoms with van der Waals surface area (Å²) in [6.07, 6.45) is -0.278. The number of carbonyl (C=O) groups is 2. The fraction of sp³-hybridized carbons (Fsp3) is 0.556. The lowest BCUT2D eigenvalue weighted by molar-refractivity contribution is 0.0159. The van der Waals surface area contributed by atoms with Crippen molar-refractivity contribution in [1.82, 2.24) is 4.90 Å². The zero-order valence-electron chi connectivity index (χ0n) is 14.9. The lowest BCUT2D eigenvalue weighted by Crippen LogP contribution is -2.55. The van der Waals surface area contributed by atoms with Crippen LogP contribution < -0.4 is 4.90 Å². The van der Waals surface area contributed by atoms with Crippen molar-refractivity contribution in [2.75, 3.05) is 24.5 Å². The average Bonchev–Trinajstić information content (AvgIpc) is 2.44. The molecule has 0 saturated carbocycles. The van der Waals surface area contributed by atoms with Crippen LogP contribution in [0.1, 0.15) is 45.0 Å². The average molecular weight is 353 g/mol. The molecule has 0 spiro atoms. The number of amides is 1. The van der Waals surface area contributed by atoms with E-state index in [0.29, 0.717) is 30.2 Å². The Morgan fingerprint density at radius 3 is 2.42 bits per heavy atom. The van der Waals surface area contributed by atoms with Crippen LogP contribution in [0.2, 0.25) is 5.02 Å². The summed E-state index contributed by atoms with van der Waals surface area (Å²) >= 11 is 6.20. The summed E-state index contributed by atoms with van der Waals surface area (Å²) in [4.78, 5) is 27.7. The van der Waals surface area contributed by atoms with Gasteiger partial charge in [0.15, 0.2) is 5.78 Å². The first kappa shape index (κ1) is 18.6. The van der Waals surface area contributed by atoms with Crippen LogP contribution in [0.4, 0.5) is 10.5 Å². The third-order valence-electron chi connectivity index (χ3n) is 3.95. The topological polar surface area (TPSA) is 49.9 Å². The number of anilines is 1. The van der Waals surface area contributed by atoms with Gasteiger partial charge in [-0.15, -0.1) is 0 Å². The maximum atomic E-state index is 12.3. The second-order valence-electron chi connectivity index (χ2n) is 7.19.